The number of aromatic amines is 1. The highest BCUT2D eigenvalue weighted by atomic mass is 16.5. The number of carbonyl (C=O) groups is 2. The van der Waals surface area contributed by atoms with E-state index < -0.39 is 0 Å². The summed E-state index contributed by atoms with van der Waals surface area (Å²) in [5.41, 5.74) is 1.43. The van der Waals surface area contributed by atoms with Gasteiger partial charge in [-0.3, -0.25) is 19.6 Å². The number of hydrogen-bond acceptors (Lipinski definition) is 5. The first kappa shape index (κ1) is 18.4. The van der Waals surface area contributed by atoms with E-state index in [1.54, 1.807) is 4.90 Å². The fourth-order valence-electron chi connectivity index (χ4n) is 4.27. The molecule has 1 atom stereocenters. The fraction of sp³-hybridized carbons (Fsp3) is 0.737. The van der Waals surface area contributed by atoms with E-state index in [2.05, 4.69) is 15.1 Å². The van der Waals surface area contributed by atoms with E-state index in [0.29, 0.717) is 45.1 Å². The third kappa shape index (κ3) is 4.32. The van der Waals surface area contributed by atoms with Gasteiger partial charge in [0.1, 0.15) is 5.69 Å². The number of carbonyl (C=O) groups excluding carboxylic acids is 2. The molecule has 3 aliphatic heterocycles. The highest BCUT2D eigenvalue weighted by Gasteiger charge is 2.29. The molecule has 0 radical (unpaired) electrons. The van der Waals surface area contributed by atoms with Crippen LogP contribution in [0.4, 0.5) is 0 Å². The molecule has 27 heavy (non-hydrogen) atoms. The predicted octanol–water partition coefficient (Wildman–Crippen LogP) is 0.684. The molecule has 4 rings (SSSR count). The maximum Gasteiger partial charge on any atom is 0.274 e. The Hall–Kier alpha value is -1.93. The van der Waals surface area contributed by atoms with E-state index in [4.69, 9.17) is 4.74 Å². The molecule has 3 fully saturated rings. The summed E-state index contributed by atoms with van der Waals surface area (Å²) in [7, 11) is 0. The summed E-state index contributed by atoms with van der Waals surface area (Å²) in [6, 6.07) is 1.87. The van der Waals surface area contributed by atoms with Crippen molar-refractivity contribution < 1.29 is 14.3 Å². The van der Waals surface area contributed by atoms with E-state index in [1.807, 2.05) is 11.0 Å². The second-order valence-electron chi connectivity index (χ2n) is 7.78. The third-order valence-electron chi connectivity index (χ3n) is 5.89. The van der Waals surface area contributed by atoms with Crippen molar-refractivity contribution in [3.8, 4) is 0 Å². The van der Waals surface area contributed by atoms with Crippen LogP contribution in [0.3, 0.4) is 0 Å². The molecular formula is C19H29N5O3. The van der Waals surface area contributed by atoms with Gasteiger partial charge in [0.15, 0.2) is 0 Å². The highest BCUT2D eigenvalue weighted by molar-refractivity contribution is 5.92. The van der Waals surface area contributed by atoms with Crippen molar-refractivity contribution in [2.75, 3.05) is 59.0 Å². The maximum absolute atomic E-state index is 12.6. The van der Waals surface area contributed by atoms with Gasteiger partial charge >= 0.3 is 0 Å². The van der Waals surface area contributed by atoms with Crippen molar-refractivity contribution in [3.63, 3.8) is 0 Å². The van der Waals surface area contributed by atoms with Gasteiger partial charge in [0.05, 0.1) is 19.8 Å². The van der Waals surface area contributed by atoms with Crippen LogP contribution in [0.5, 0.6) is 0 Å². The minimum absolute atomic E-state index is 0.0430. The number of morpholine rings is 1. The van der Waals surface area contributed by atoms with Crippen LogP contribution in [0, 0.1) is 0 Å². The van der Waals surface area contributed by atoms with Crippen molar-refractivity contribution in [2.45, 2.75) is 31.6 Å². The summed E-state index contributed by atoms with van der Waals surface area (Å²) in [6.07, 6.45) is 4.40. The van der Waals surface area contributed by atoms with Crippen molar-refractivity contribution >= 4 is 11.8 Å². The number of likely N-dealkylation sites (tertiary alicyclic amines) is 2. The van der Waals surface area contributed by atoms with Crippen molar-refractivity contribution in [1.82, 2.24) is 24.9 Å². The van der Waals surface area contributed by atoms with Crippen molar-refractivity contribution in [2.24, 2.45) is 0 Å². The van der Waals surface area contributed by atoms with Gasteiger partial charge in [-0.25, -0.2) is 0 Å². The number of amides is 2. The lowest BCUT2D eigenvalue weighted by Gasteiger charge is -2.33. The fourth-order valence-corrected chi connectivity index (χ4v) is 4.27. The van der Waals surface area contributed by atoms with Crippen LogP contribution < -0.4 is 0 Å². The van der Waals surface area contributed by atoms with Gasteiger partial charge < -0.3 is 14.5 Å². The largest absolute Gasteiger partial charge is 0.378 e. The molecule has 1 aromatic heterocycles. The molecule has 3 aliphatic rings. The smallest absolute Gasteiger partial charge is 0.274 e. The molecule has 4 heterocycles. The van der Waals surface area contributed by atoms with Crippen LogP contribution in [0.1, 0.15) is 47.8 Å². The number of nitrogens with zero attached hydrogens (tertiary/aromatic N) is 4. The number of piperidine rings is 1. The number of hydrogen-bond donors (Lipinski definition) is 1. The first-order chi connectivity index (χ1) is 13.2. The third-order valence-corrected chi connectivity index (χ3v) is 5.89. The summed E-state index contributed by atoms with van der Waals surface area (Å²) < 4.78 is 5.30. The summed E-state index contributed by atoms with van der Waals surface area (Å²) in [4.78, 5) is 31.2. The van der Waals surface area contributed by atoms with Gasteiger partial charge in [-0.05, 0) is 44.8 Å². The molecule has 148 valence electrons. The van der Waals surface area contributed by atoms with Gasteiger partial charge in [-0.15, -0.1) is 0 Å². The molecule has 3 saturated heterocycles. The first-order valence-corrected chi connectivity index (χ1v) is 10.1. The van der Waals surface area contributed by atoms with E-state index in [1.165, 1.54) is 12.8 Å². The van der Waals surface area contributed by atoms with Crippen LogP contribution in [-0.4, -0.2) is 95.7 Å². The number of aromatic nitrogens is 2. The zero-order chi connectivity index (χ0) is 18.6. The Kier molecular flexibility index (Phi) is 5.73. The van der Waals surface area contributed by atoms with Gasteiger partial charge in [0.2, 0.25) is 5.91 Å². The topological polar surface area (TPSA) is 81.8 Å². The first-order valence-electron chi connectivity index (χ1n) is 10.1. The lowest BCUT2D eigenvalue weighted by atomic mass is 9.94. The lowest BCUT2D eigenvalue weighted by Crippen LogP contribution is -2.44. The molecule has 0 saturated carbocycles. The molecule has 0 aromatic carbocycles. The Morgan fingerprint density at radius 2 is 1.85 bits per heavy atom. The van der Waals surface area contributed by atoms with Crippen LogP contribution in [0.25, 0.3) is 0 Å². The molecule has 0 aliphatic carbocycles. The summed E-state index contributed by atoms with van der Waals surface area (Å²) in [5, 5.41) is 7.30. The van der Waals surface area contributed by atoms with E-state index in [-0.39, 0.29) is 17.7 Å². The molecule has 0 spiro atoms. The number of rotatable bonds is 4. The summed E-state index contributed by atoms with van der Waals surface area (Å²) in [6.45, 7) is 6.55. The van der Waals surface area contributed by atoms with Crippen LogP contribution in [0.2, 0.25) is 0 Å². The van der Waals surface area contributed by atoms with Crippen LogP contribution in [0.15, 0.2) is 6.07 Å². The van der Waals surface area contributed by atoms with E-state index >= 15 is 0 Å². The lowest BCUT2D eigenvalue weighted by molar-refractivity contribution is -0.133. The second-order valence-corrected chi connectivity index (χ2v) is 7.78. The normalized spacial score (nSPS) is 24.4. The highest BCUT2D eigenvalue weighted by Crippen LogP contribution is 2.26. The summed E-state index contributed by atoms with van der Waals surface area (Å²) >= 11 is 0. The average Bonchev–Trinajstić information content (AvgIpc) is 3.40. The van der Waals surface area contributed by atoms with Gasteiger partial charge in [0, 0.05) is 37.8 Å². The molecule has 0 unspecified atom stereocenters. The van der Waals surface area contributed by atoms with Gasteiger partial charge in [-0.1, -0.05) is 0 Å². The van der Waals surface area contributed by atoms with Crippen molar-refractivity contribution in [1.29, 1.82) is 0 Å². The predicted molar refractivity (Wildman–Crippen MR) is 99.5 cm³/mol. The maximum atomic E-state index is 12.6. The molecule has 0 bridgehead atoms. The standard InChI is InChI=1S/C19H29N5O3/c25-18(14-22-5-1-2-6-22)24-7-3-4-15(13-24)16-12-17(21-20-16)19(26)23-8-10-27-11-9-23/h12,15H,1-11,13-14H2,(H,20,21)/t15-/m1/s1. The van der Waals surface area contributed by atoms with E-state index in [9.17, 15) is 9.59 Å². The molecule has 1 aromatic rings. The zero-order valence-corrected chi connectivity index (χ0v) is 15.9. The molecule has 2 amide bonds. The Bertz CT molecular complexity index is 664. The van der Waals surface area contributed by atoms with Gasteiger partial charge in [0.25, 0.3) is 5.91 Å². The van der Waals surface area contributed by atoms with Crippen molar-refractivity contribution in [3.05, 3.63) is 17.5 Å². The Morgan fingerprint density at radius 1 is 1.07 bits per heavy atom. The molecule has 8 heteroatoms. The average molecular weight is 375 g/mol. The van der Waals surface area contributed by atoms with Crippen LogP contribution >= 0.6 is 0 Å². The Labute approximate surface area is 159 Å². The molecule has 1 N–H and O–H groups in total. The number of ether oxygens (including phenoxy) is 1. The minimum atomic E-state index is -0.0430. The quantitative estimate of drug-likeness (QED) is 0.837. The Morgan fingerprint density at radius 3 is 2.63 bits per heavy atom. The summed E-state index contributed by atoms with van der Waals surface area (Å²) in [5.74, 6) is 0.407. The van der Waals surface area contributed by atoms with E-state index in [0.717, 1.165) is 38.2 Å². The second kappa shape index (κ2) is 8.39. The molecular weight excluding hydrogens is 346 g/mol. The Balaban J connectivity index is 1.36. The number of H-pyrrole nitrogens is 1. The minimum Gasteiger partial charge on any atom is -0.378 e. The zero-order valence-electron chi connectivity index (χ0n) is 15.9. The monoisotopic (exact) mass is 375 g/mol. The van der Waals surface area contributed by atoms with Crippen LogP contribution in [-0.2, 0) is 9.53 Å². The SMILES string of the molecule is O=C(CN1CCCC1)N1CCC[C@@H](c2cc(C(=O)N3CCOCC3)n[nH]2)C1. The number of nitrogens with one attached hydrogen (secondary N) is 1. The van der Waals surface area contributed by atoms with Gasteiger partial charge in [-0.2, -0.15) is 5.10 Å². The molecule has 8 nitrogen and oxygen atoms in total.